The number of benzene rings is 1. The van der Waals surface area contributed by atoms with Crippen LogP contribution in [0.2, 0.25) is 0 Å². The fourth-order valence-electron chi connectivity index (χ4n) is 2.06. The van der Waals surface area contributed by atoms with E-state index in [1.807, 2.05) is 30.5 Å². The van der Waals surface area contributed by atoms with E-state index in [-0.39, 0.29) is 0 Å². The van der Waals surface area contributed by atoms with Crippen LogP contribution in [0.3, 0.4) is 0 Å². The Bertz CT molecular complexity index is 699. The Balaban J connectivity index is 2.16. The molecule has 2 heterocycles. The first-order chi connectivity index (χ1) is 8.68. The second-order valence-corrected chi connectivity index (χ2v) is 6.86. The summed E-state index contributed by atoms with van der Waals surface area (Å²) in [6, 6.07) is 8.16. The maximum Gasteiger partial charge on any atom is 0.115 e. The van der Waals surface area contributed by atoms with E-state index in [1.165, 1.54) is 4.70 Å². The third-order valence-electron chi connectivity index (χ3n) is 3.03. The van der Waals surface area contributed by atoms with Crippen molar-refractivity contribution in [2.24, 2.45) is 0 Å². The average Bonchev–Trinajstić information content (AvgIpc) is 2.95. The minimum absolute atomic E-state index is 0.520. The Morgan fingerprint density at radius 3 is 2.78 bits per heavy atom. The number of fused-ring (bicyclic) bond motifs is 1. The molecule has 0 bridgehead atoms. The van der Waals surface area contributed by atoms with Gasteiger partial charge in [-0.25, -0.2) is 0 Å². The van der Waals surface area contributed by atoms with Gasteiger partial charge in [0.25, 0.3) is 0 Å². The standard InChI is InChI=1S/C14H11BrOS2/c1-8-5-6-17-13(8)12(16)10-7-18-14-9(10)3-2-4-11(14)15/h2-7,12,16H,1H3. The molecule has 1 N–H and O–H groups in total. The van der Waals surface area contributed by atoms with Crippen LogP contribution in [0.4, 0.5) is 0 Å². The SMILES string of the molecule is Cc1ccsc1C(O)c1csc2c(Br)cccc12. The zero-order valence-electron chi connectivity index (χ0n) is 9.68. The number of thiophene rings is 2. The van der Waals surface area contributed by atoms with Gasteiger partial charge in [-0.2, -0.15) is 0 Å². The van der Waals surface area contributed by atoms with Gasteiger partial charge >= 0.3 is 0 Å². The molecule has 18 heavy (non-hydrogen) atoms. The summed E-state index contributed by atoms with van der Waals surface area (Å²) >= 11 is 6.84. The molecule has 0 saturated heterocycles. The van der Waals surface area contributed by atoms with Gasteiger partial charge in [-0.15, -0.1) is 22.7 Å². The molecule has 2 aromatic heterocycles. The number of rotatable bonds is 2. The van der Waals surface area contributed by atoms with Gasteiger partial charge in [-0.1, -0.05) is 12.1 Å². The molecule has 3 rings (SSSR count). The summed E-state index contributed by atoms with van der Waals surface area (Å²) in [5, 5.41) is 15.8. The normalized spacial score (nSPS) is 13.1. The third-order valence-corrected chi connectivity index (χ3v) is 6.07. The van der Waals surface area contributed by atoms with Gasteiger partial charge in [0.1, 0.15) is 6.10 Å². The lowest BCUT2D eigenvalue weighted by atomic mass is 10.1. The van der Waals surface area contributed by atoms with E-state index in [2.05, 4.69) is 27.4 Å². The molecular formula is C14H11BrOS2. The molecule has 4 heteroatoms. The van der Waals surface area contributed by atoms with E-state index < -0.39 is 6.10 Å². The van der Waals surface area contributed by atoms with E-state index in [1.54, 1.807) is 22.7 Å². The van der Waals surface area contributed by atoms with Crippen molar-refractivity contribution in [1.29, 1.82) is 0 Å². The summed E-state index contributed by atoms with van der Waals surface area (Å²) in [6.07, 6.45) is -0.520. The quantitative estimate of drug-likeness (QED) is 0.687. The molecule has 0 saturated carbocycles. The predicted molar refractivity (Wildman–Crippen MR) is 82.6 cm³/mol. The molecule has 3 aromatic rings. The van der Waals surface area contributed by atoms with Gasteiger partial charge in [-0.3, -0.25) is 0 Å². The predicted octanol–water partition coefficient (Wildman–Crippen LogP) is 5.12. The second kappa shape index (κ2) is 4.78. The molecule has 1 aromatic carbocycles. The lowest BCUT2D eigenvalue weighted by Crippen LogP contribution is -1.97. The maximum atomic E-state index is 10.5. The van der Waals surface area contributed by atoms with Gasteiger partial charge in [0.2, 0.25) is 0 Å². The summed E-state index contributed by atoms with van der Waals surface area (Å²) in [7, 11) is 0. The summed E-state index contributed by atoms with van der Waals surface area (Å²) < 4.78 is 2.28. The molecule has 0 fully saturated rings. The molecule has 0 radical (unpaired) electrons. The molecule has 1 atom stereocenters. The van der Waals surface area contributed by atoms with Crippen LogP contribution in [0.5, 0.6) is 0 Å². The Morgan fingerprint density at radius 2 is 2.06 bits per heavy atom. The Kier molecular flexibility index (Phi) is 3.28. The van der Waals surface area contributed by atoms with Crippen LogP contribution in [0.15, 0.2) is 39.5 Å². The van der Waals surface area contributed by atoms with Crippen molar-refractivity contribution in [1.82, 2.24) is 0 Å². The fraction of sp³-hybridized carbons (Fsp3) is 0.143. The van der Waals surface area contributed by atoms with Crippen molar-refractivity contribution in [3.8, 4) is 0 Å². The van der Waals surface area contributed by atoms with Crippen molar-refractivity contribution in [3.05, 3.63) is 55.5 Å². The van der Waals surface area contributed by atoms with Gasteiger partial charge in [0.15, 0.2) is 0 Å². The minimum atomic E-state index is -0.520. The Morgan fingerprint density at radius 1 is 1.22 bits per heavy atom. The number of aliphatic hydroxyl groups excluding tert-OH is 1. The first-order valence-electron chi connectivity index (χ1n) is 5.56. The van der Waals surface area contributed by atoms with Crippen molar-refractivity contribution >= 4 is 48.7 Å². The summed E-state index contributed by atoms with van der Waals surface area (Å²) in [5.41, 5.74) is 2.16. The van der Waals surface area contributed by atoms with Crippen LogP contribution in [0, 0.1) is 6.92 Å². The van der Waals surface area contributed by atoms with Crippen molar-refractivity contribution < 1.29 is 5.11 Å². The van der Waals surface area contributed by atoms with E-state index in [0.717, 1.165) is 25.9 Å². The number of hydrogen-bond acceptors (Lipinski definition) is 3. The summed E-state index contributed by atoms with van der Waals surface area (Å²) in [5.74, 6) is 0. The lowest BCUT2D eigenvalue weighted by molar-refractivity contribution is 0.225. The number of hydrogen-bond donors (Lipinski definition) is 1. The molecule has 0 spiro atoms. The van der Waals surface area contributed by atoms with Gasteiger partial charge in [0, 0.05) is 19.6 Å². The molecule has 0 amide bonds. The number of aryl methyl sites for hydroxylation is 1. The molecule has 92 valence electrons. The van der Waals surface area contributed by atoms with Crippen LogP contribution in [-0.4, -0.2) is 5.11 Å². The maximum absolute atomic E-state index is 10.5. The molecule has 1 unspecified atom stereocenters. The average molecular weight is 339 g/mol. The third kappa shape index (κ3) is 1.93. The van der Waals surface area contributed by atoms with Gasteiger partial charge < -0.3 is 5.11 Å². The topological polar surface area (TPSA) is 20.2 Å². The minimum Gasteiger partial charge on any atom is -0.383 e. The van der Waals surface area contributed by atoms with Gasteiger partial charge in [0.05, 0.1) is 0 Å². The van der Waals surface area contributed by atoms with Crippen LogP contribution in [0.25, 0.3) is 10.1 Å². The van der Waals surface area contributed by atoms with Gasteiger partial charge in [-0.05, 0) is 56.7 Å². The highest BCUT2D eigenvalue weighted by atomic mass is 79.9. The van der Waals surface area contributed by atoms with E-state index in [0.29, 0.717) is 0 Å². The first kappa shape index (κ1) is 12.4. The first-order valence-corrected chi connectivity index (χ1v) is 8.11. The second-order valence-electron chi connectivity index (χ2n) is 4.18. The molecular weight excluding hydrogens is 328 g/mol. The van der Waals surface area contributed by atoms with Crippen LogP contribution in [0.1, 0.15) is 22.1 Å². The van der Waals surface area contributed by atoms with Crippen LogP contribution >= 0.6 is 38.6 Å². The highest BCUT2D eigenvalue weighted by molar-refractivity contribution is 9.10. The molecule has 0 aliphatic heterocycles. The zero-order valence-corrected chi connectivity index (χ0v) is 12.9. The largest absolute Gasteiger partial charge is 0.383 e. The Labute approximate surface area is 122 Å². The monoisotopic (exact) mass is 338 g/mol. The Hall–Kier alpha value is -0.680. The van der Waals surface area contributed by atoms with Crippen LogP contribution in [-0.2, 0) is 0 Å². The van der Waals surface area contributed by atoms with Crippen molar-refractivity contribution in [2.45, 2.75) is 13.0 Å². The summed E-state index contributed by atoms with van der Waals surface area (Å²) in [6.45, 7) is 2.04. The molecule has 1 nitrogen and oxygen atoms in total. The highest BCUT2D eigenvalue weighted by Crippen LogP contribution is 2.39. The molecule has 0 aliphatic rings. The van der Waals surface area contributed by atoms with E-state index in [9.17, 15) is 5.11 Å². The lowest BCUT2D eigenvalue weighted by Gasteiger charge is -2.09. The summed E-state index contributed by atoms with van der Waals surface area (Å²) in [4.78, 5) is 1.04. The highest BCUT2D eigenvalue weighted by Gasteiger charge is 2.18. The fourth-order valence-corrected chi connectivity index (χ4v) is 4.63. The zero-order chi connectivity index (χ0) is 12.7. The van der Waals surface area contributed by atoms with E-state index >= 15 is 0 Å². The van der Waals surface area contributed by atoms with Crippen molar-refractivity contribution in [3.63, 3.8) is 0 Å². The van der Waals surface area contributed by atoms with Crippen LogP contribution < -0.4 is 0 Å². The number of aliphatic hydroxyl groups is 1. The number of halogens is 1. The van der Waals surface area contributed by atoms with Crippen molar-refractivity contribution in [2.75, 3.05) is 0 Å². The molecule has 0 aliphatic carbocycles. The smallest absolute Gasteiger partial charge is 0.115 e. The van der Waals surface area contributed by atoms with E-state index in [4.69, 9.17) is 0 Å².